The first kappa shape index (κ1) is 28.0. The van der Waals surface area contributed by atoms with Crippen molar-refractivity contribution in [1.82, 2.24) is 0 Å². The molecule has 0 spiro atoms. The molecule has 5 nitrogen and oxygen atoms in total. The summed E-state index contributed by atoms with van der Waals surface area (Å²) in [5.41, 5.74) is -1.11. The molecular weight excluding hydrogens is 332 g/mol. The van der Waals surface area contributed by atoms with E-state index in [1.807, 2.05) is 0 Å². The van der Waals surface area contributed by atoms with Gasteiger partial charge in [0.2, 0.25) is 0 Å². The summed E-state index contributed by atoms with van der Waals surface area (Å²) in [5.74, 6) is 0. The van der Waals surface area contributed by atoms with E-state index < -0.39 is 31.8 Å². The summed E-state index contributed by atoms with van der Waals surface area (Å²) in [6, 6.07) is 0. The Morgan fingerprint density at radius 2 is 0.692 bits per heavy atom. The van der Waals surface area contributed by atoms with Gasteiger partial charge >= 0.3 is 0 Å². The average molecular weight is 379 g/mol. The Morgan fingerprint density at radius 1 is 0.423 bits per heavy atom. The molecule has 0 aliphatic rings. The van der Waals surface area contributed by atoms with Gasteiger partial charge in [0.05, 0.1) is 31.8 Å². The van der Waals surface area contributed by atoms with Gasteiger partial charge in [-0.05, 0) is 6.42 Å². The van der Waals surface area contributed by atoms with E-state index in [4.69, 9.17) is 25.5 Å². The van der Waals surface area contributed by atoms with Gasteiger partial charge in [0, 0.05) is 6.61 Å². The summed E-state index contributed by atoms with van der Waals surface area (Å²) < 4.78 is 0. The van der Waals surface area contributed by atoms with Gasteiger partial charge in [-0.2, -0.15) is 0 Å². The number of hydrogen-bond donors (Lipinski definition) is 5. The Labute approximate surface area is 161 Å². The normalized spacial score (nSPS) is 11.3. The second-order valence-electron chi connectivity index (χ2n) is 7.45. The quantitative estimate of drug-likeness (QED) is 0.235. The van der Waals surface area contributed by atoms with Gasteiger partial charge in [-0.1, -0.05) is 90.4 Å². The summed E-state index contributed by atoms with van der Waals surface area (Å²) in [5, 5.41) is 42.6. The molecule has 0 atom stereocenters. The fourth-order valence-electron chi connectivity index (χ4n) is 2.61. The molecule has 0 heterocycles. The predicted molar refractivity (Wildman–Crippen MR) is 108 cm³/mol. The maximum atomic E-state index is 8.64. The molecule has 5 heteroatoms. The lowest BCUT2D eigenvalue weighted by molar-refractivity contribution is -0.0328. The molecule has 0 aromatic rings. The molecule has 0 rings (SSSR count). The van der Waals surface area contributed by atoms with E-state index in [1.54, 1.807) is 0 Å². The van der Waals surface area contributed by atoms with Crippen molar-refractivity contribution >= 4 is 0 Å². The van der Waals surface area contributed by atoms with Crippen molar-refractivity contribution in [3.8, 4) is 0 Å². The van der Waals surface area contributed by atoms with Crippen molar-refractivity contribution in [2.24, 2.45) is 5.41 Å². The van der Waals surface area contributed by atoms with Crippen LogP contribution in [0, 0.1) is 5.41 Å². The Balaban J connectivity index is 0. The zero-order valence-corrected chi connectivity index (χ0v) is 17.2. The molecular formula is C21H46O5. The molecule has 0 aromatic carbocycles. The molecule has 0 saturated heterocycles. The first-order chi connectivity index (χ1) is 12.7. The Hall–Kier alpha value is -0.200. The van der Waals surface area contributed by atoms with Gasteiger partial charge in [-0.3, -0.25) is 0 Å². The van der Waals surface area contributed by atoms with Crippen LogP contribution in [0.15, 0.2) is 0 Å². The SMILES string of the molecule is CCCCCCCCCCCCCCCCO.OCC(CO)(CO)CO. The van der Waals surface area contributed by atoms with Crippen LogP contribution in [0.4, 0.5) is 0 Å². The average Bonchev–Trinajstić information content (AvgIpc) is 2.68. The highest BCUT2D eigenvalue weighted by Gasteiger charge is 2.26. The smallest absolute Gasteiger partial charge is 0.0627 e. The maximum Gasteiger partial charge on any atom is 0.0627 e. The van der Waals surface area contributed by atoms with Gasteiger partial charge in [-0.15, -0.1) is 0 Å². The topological polar surface area (TPSA) is 101 Å². The van der Waals surface area contributed by atoms with E-state index in [-0.39, 0.29) is 0 Å². The Kier molecular flexibility index (Phi) is 24.6. The molecule has 26 heavy (non-hydrogen) atoms. The van der Waals surface area contributed by atoms with E-state index in [9.17, 15) is 0 Å². The van der Waals surface area contributed by atoms with Gasteiger partial charge in [0.15, 0.2) is 0 Å². The van der Waals surface area contributed by atoms with E-state index >= 15 is 0 Å². The molecule has 5 N–H and O–H groups in total. The molecule has 0 unspecified atom stereocenters. The molecule has 0 saturated carbocycles. The largest absolute Gasteiger partial charge is 0.396 e. The number of unbranched alkanes of at least 4 members (excludes halogenated alkanes) is 13. The summed E-state index contributed by atoms with van der Waals surface area (Å²) >= 11 is 0. The zero-order chi connectivity index (χ0) is 19.9. The van der Waals surface area contributed by atoms with Crippen LogP contribution in [-0.2, 0) is 0 Å². The van der Waals surface area contributed by atoms with Crippen molar-refractivity contribution in [1.29, 1.82) is 0 Å². The van der Waals surface area contributed by atoms with Crippen molar-refractivity contribution in [3.63, 3.8) is 0 Å². The number of aliphatic hydroxyl groups is 5. The minimum Gasteiger partial charge on any atom is -0.396 e. The second kappa shape index (κ2) is 22.8. The van der Waals surface area contributed by atoms with Crippen molar-refractivity contribution in [2.45, 2.75) is 96.8 Å². The van der Waals surface area contributed by atoms with Gasteiger partial charge in [0.25, 0.3) is 0 Å². The van der Waals surface area contributed by atoms with Gasteiger partial charge in [-0.25, -0.2) is 0 Å². The number of rotatable bonds is 18. The van der Waals surface area contributed by atoms with Crippen LogP contribution in [0.1, 0.15) is 96.8 Å². The first-order valence-corrected chi connectivity index (χ1v) is 10.7. The summed E-state index contributed by atoms with van der Waals surface area (Å²) in [4.78, 5) is 0. The van der Waals surface area contributed by atoms with Crippen molar-refractivity contribution in [2.75, 3.05) is 33.0 Å². The van der Waals surface area contributed by atoms with Crippen LogP contribution in [0.2, 0.25) is 0 Å². The second-order valence-corrected chi connectivity index (χ2v) is 7.45. The van der Waals surface area contributed by atoms with E-state index in [2.05, 4.69) is 6.92 Å². The summed E-state index contributed by atoms with van der Waals surface area (Å²) in [6.45, 7) is 1.03. The molecule has 160 valence electrons. The van der Waals surface area contributed by atoms with Crippen LogP contribution in [0.25, 0.3) is 0 Å². The van der Waals surface area contributed by atoms with Crippen molar-refractivity contribution in [3.05, 3.63) is 0 Å². The van der Waals surface area contributed by atoms with Gasteiger partial charge < -0.3 is 25.5 Å². The van der Waals surface area contributed by atoms with Crippen LogP contribution >= 0.6 is 0 Å². The maximum absolute atomic E-state index is 8.64. The standard InChI is InChI=1S/C16H34O.C5H12O4/c1-2-3-4-5-6-7-8-9-10-11-12-13-14-15-16-17;6-1-5(2-7,3-8)4-9/h17H,2-16H2,1H3;6-9H,1-4H2. The molecule has 0 aliphatic heterocycles. The Morgan fingerprint density at radius 3 is 0.885 bits per heavy atom. The first-order valence-electron chi connectivity index (χ1n) is 10.7. The highest BCUT2D eigenvalue weighted by Crippen LogP contribution is 2.13. The Bertz CT molecular complexity index is 213. The third-order valence-electron chi connectivity index (χ3n) is 4.85. The summed E-state index contributed by atoms with van der Waals surface area (Å²) in [6.07, 6.45) is 19.2. The van der Waals surface area contributed by atoms with Crippen molar-refractivity contribution < 1.29 is 25.5 Å². The fourth-order valence-corrected chi connectivity index (χ4v) is 2.61. The number of hydrogen-bond acceptors (Lipinski definition) is 5. The molecule has 0 amide bonds. The van der Waals surface area contributed by atoms with Crippen LogP contribution in [0.5, 0.6) is 0 Å². The van der Waals surface area contributed by atoms with E-state index in [0.717, 1.165) is 6.42 Å². The molecule has 0 aliphatic carbocycles. The lowest BCUT2D eigenvalue weighted by Gasteiger charge is -2.23. The highest BCUT2D eigenvalue weighted by molar-refractivity contribution is 4.74. The van der Waals surface area contributed by atoms with E-state index in [0.29, 0.717) is 6.61 Å². The highest BCUT2D eigenvalue weighted by atomic mass is 16.3. The minimum absolute atomic E-state index is 0.373. The minimum atomic E-state index is -1.11. The van der Waals surface area contributed by atoms with Crippen LogP contribution in [-0.4, -0.2) is 58.6 Å². The fraction of sp³-hybridized carbons (Fsp3) is 1.00. The van der Waals surface area contributed by atoms with Crippen LogP contribution in [0.3, 0.4) is 0 Å². The molecule has 0 bridgehead atoms. The lowest BCUT2D eigenvalue weighted by Crippen LogP contribution is -2.37. The van der Waals surface area contributed by atoms with E-state index in [1.165, 1.54) is 83.5 Å². The predicted octanol–water partition coefficient (Wildman–Crippen LogP) is 3.40. The van der Waals surface area contributed by atoms with Gasteiger partial charge in [0.1, 0.15) is 0 Å². The third-order valence-corrected chi connectivity index (χ3v) is 4.85. The third kappa shape index (κ3) is 18.6. The zero-order valence-electron chi connectivity index (χ0n) is 17.2. The summed E-state index contributed by atoms with van der Waals surface area (Å²) in [7, 11) is 0. The number of aliphatic hydroxyl groups excluding tert-OH is 5. The molecule has 0 aromatic heterocycles. The van der Waals surface area contributed by atoms with Crippen LogP contribution < -0.4 is 0 Å². The monoisotopic (exact) mass is 378 g/mol. The lowest BCUT2D eigenvalue weighted by atomic mass is 9.93. The molecule has 0 fully saturated rings. The molecule has 0 radical (unpaired) electrons.